The molecule has 0 radical (unpaired) electrons. The van der Waals surface area contributed by atoms with Gasteiger partial charge in [0.25, 0.3) is 0 Å². The van der Waals surface area contributed by atoms with Crippen molar-refractivity contribution in [2.24, 2.45) is 0 Å². The number of hydrogen-bond acceptors (Lipinski definition) is 5. The van der Waals surface area contributed by atoms with E-state index in [2.05, 4.69) is 21.6 Å². The molecule has 2 aliphatic heterocycles. The molecule has 2 heterocycles. The Balaban J connectivity index is 1.36. The summed E-state index contributed by atoms with van der Waals surface area (Å²) < 4.78 is 5.88. The Labute approximate surface area is 155 Å². The first-order valence-electron chi connectivity index (χ1n) is 9.87. The second-order valence-corrected chi connectivity index (χ2v) is 7.24. The van der Waals surface area contributed by atoms with Crippen LogP contribution >= 0.6 is 0 Å². The number of carbonyl (C=O) groups is 1. The molecule has 2 aliphatic rings. The van der Waals surface area contributed by atoms with Gasteiger partial charge in [-0.05, 0) is 43.7 Å². The summed E-state index contributed by atoms with van der Waals surface area (Å²) in [4.78, 5) is 14.0. The van der Waals surface area contributed by atoms with Gasteiger partial charge in [0.2, 0.25) is 5.91 Å². The maximum absolute atomic E-state index is 11.5. The van der Waals surface area contributed by atoms with Crippen LogP contribution in [-0.2, 0) is 11.2 Å². The number of ether oxygens (including phenoxy) is 1. The molecule has 1 aromatic rings. The third kappa shape index (κ3) is 5.69. The summed E-state index contributed by atoms with van der Waals surface area (Å²) >= 11 is 0. The van der Waals surface area contributed by atoms with Gasteiger partial charge in [-0.2, -0.15) is 0 Å². The standard InChI is InChI=1S/C20H31N3O3/c24-12-2-1-4-17-15-23(11-9-21-17)10-3-13-26-18-7-5-16-6-8-20(25)22-19(16)14-18/h5,7,14,17,21,24H,1-4,6,8-13,15H2,(H,22,25). The second-order valence-electron chi connectivity index (χ2n) is 7.24. The number of fused-ring (bicyclic) bond motifs is 1. The van der Waals surface area contributed by atoms with Gasteiger partial charge >= 0.3 is 0 Å². The number of carbonyl (C=O) groups excluding carboxylic acids is 1. The van der Waals surface area contributed by atoms with Crippen molar-refractivity contribution >= 4 is 11.6 Å². The lowest BCUT2D eigenvalue weighted by molar-refractivity contribution is -0.116. The SMILES string of the molecule is O=C1CCc2ccc(OCCCN3CCNC(CCCCO)C3)cc2N1. The number of aryl methyl sites for hydroxylation is 1. The highest BCUT2D eigenvalue weighted by Crippen LogP contribution is 2.27. The van der Waals surface area contributed by atoms with Crippen LogP contribution in [0, 0.1) is 0 Å². The molecule has 3 rings (SSSR count). The Bertz CT molecular complexity index is 594. The average molecular weight is 361 g/mol. The Morgan fingerprint density at radius 3 is 3.04 bits per heavy atom. The van der Waals surface area contributed by atoms with Crippen LogP contribution in [0.2, 0.25) is 0 Å². The van der Waals surface area contributed by atoms with Gasteiger partial charge < -0.3 is 25.4 Å². The highest BCUT2D eigenvalue weighted by atomic mass is 16.5. The third-order valence-electron chi connectivity index (χ3n) is 5.16. The van der Waals surface area contributed by atoms with Gasteiger partial charge in [-0.25, -0.2) is 0 Å². The van der Waals surface area contributed by atoms with Crippen LogP contribution in [0.4, 0.5) is 5.69 Å². The third-order valence-corrected chi connectivity index (χ3v) is 5.16. The maximum atomic E-state index is 11.5. The van der Waals surface area contributed by atoms with Gasteiger partial charge in [0.1, 0.15) is 5.75 Å². The molecule has 1 amide bonds. The summed E-state index contributed by atoms with van der Waals surface area (Å²) in [5.41, 5.74) is 2.08. The van der Waals surface area contributed by atoms with Crippen molar-refractivity contribution in [3.05, 3.63) is 23.8 Å². The molecule has 6 nitrogen and oxygen atoms in total. The Morgan fingerprint density at radius 2 is 2.15 bits per heavy atom. The fourth-order valence-electron chi connectivity index (χ4n) is 3.71. The molecule has 0 aliphatic carbocycles. The van der Waals surface area contributed by atoms with Crippen LogP contribution in [0.25, 0.3) is 0 Å². The summed E-state index contributed by atoms with van der Waals surface area (Å²) in [5, 5.41) is 15.4. The zero-order chi connectivity index (χ0) is 18.2. The molecule has 1 unspecified atom stereocenters. The number of hydrogen-bond donors (Lipinski definition) is 3. The molecule has 1 atom stereocenters. The van der Waals surface area contributed by atoms with E-state index in [0.717, 1.165) is 69.7 Å². The maximum Gasteiger partial charge on any atom is 0.224 e. The lowest BCUT2D eigenvalue weighted by Gasteiger charge is -2.33. The highest BCUT2D eigenvalue weighted by molar-refractivity contribution is 5.94. The van der Waals surface area contributed by atoms with Crippen molar-refractivity contribution in [2.45, 2.75) is 44.6 Å². The number of nitrogens with zero attached hydrogens (tertiary/aromatic N) is 1. The molecule has 0 bridgehead atoms. The lowest BCUT2D eigenvalue weighted by atomic mass is 10.0. The first-order chi connectivity index (χ1) is 12.7. The number of benzene rings is 1. The molecule has 3 N–H and O–H groups in total. The zero-order valence-electron chi connectivity index (χ0n) is 15.5. The van der Waals surface area contributed by atoms with E-state index >= 15 is 0 Å². The summed E-state index contributed by atoms with van der Waals surface area (Å²) in [6, 6.07) is 6.53. The number of amides is 1. The molecule has 0 saturated carbocycles. The van der Waals surface area contributed by atoms with E-state index < -0.39 is 0 Å². The molecular formula is C20H31N3O3. The molecule has 26 heavy (non-hydrogen) atoms. The van der Waals surface area contributed by atoms with Gasteiger partial charge in [-0.15, -0.1) is 0 Å². The van der Waals surface area contributed by atoms with Gasteiger partial charge in [-0.3, -0.25) is 4.79 Å². The topological polar surface area (TPSA) is 73.8 Å². The van der Waals surface area contributed by atoms with Crippen LogP contribution in [0.5, 0.6) is 5.75 Å². The largest absolute Gasteiger partial charge is 0.493 e. The van der Waals surface area contributed by atoms with Crippen molar-refractivity contribution in [1.29, 1.82) is 0 Å². The zero-order valence-corrected chi connectivity index (χ0v) is 15.5. The molecule has 1 saturated heterocycles. The van der Waals surface area contributed by atoms with E-state index in [1.54, 1.807) is 0 Å². The lowest BCUT2D eigenvalue weighted by Crippen LogP contribution is -2.50. The van der Waals surface area contributed by atoms with Crippen LogP contribution in [0.15, 0.2) is 18.2 Å². The first-order valence-corrected chi connectivity index (χ1v) is 9.87. The number of unbranched alkanes of at least 4 members (excludes halogenated alkanes) is 1. The number of aliphatic hydroxyl groups is 1. The molecule has 0 spiro atoms. The van der Waals surface area contributed by atoms with Crippen molar-refractivity contribution in [3.63, 3.8) is 0 Å². The average Bonchev–Trinajstić information content (AvgIpc) is 2.65. The Hall–Kier alpha value is -1.63. The fourth-order valence-corrected chi connectivity index (χ4v) is 3.71. The molecule has 144 valence electrons. The van der Waals surface area contributed by atoms with E-state index in [0.29, 0.717) is 25.7 Å². The quantitative estimate of drug-likeness (QED) is 0.585. The van der Waals surface area contributed by atoms with Crippen molar-refractivity contribution in [2.75, 3.05) is 44.7 Å². The van der Waals surface area contributed by atoms with Crippen molar-refractivity contribution in [1.82, 2.24) is 10.2 Å². The number of rotatable bonds is 9. The van der Waals surface area contributed by atoms with E-state index in [4.69, 9.17) is 9.84 Å². The number of nitrogens with one attached hydrogen (secondary N) is 2. The second kappa shape index (κ2) is 9.90. The summed E-state index contributed by atoms with van der Waals surface area (Å²) in [5.74, 6) is 0.912. The van der Waals surface area contributed by atoms with Gasteiger partial charge in [0.05, 0.1) is 6.61 Å². The number of piperazine rings is 1. The van der Waals surface area contributed by atoms with Gasteiger partial charge in [0, 0.05) is 57.0 Å². The number of anilines is 1. The van der Waals surface area contributed by atoms with E-state index in [9.17, 15) is 4.79 Å². The summed E-state index contributed by atoms with van der Waals surface area (Å²) in [6.45, 7) is 5.22. The van der Waals surface area contributed by atoms with Gasteiger partial charge in [0.15, 0.2) is 0 Å². The van der Waals surface area contributed by atoms with Crippen LogP contribution in [-0.4, -0.2) is 61.3 Å². The monoisotopic (exact) mass is 361 g/mol. The Morgan fingerprint density at radius 1 is 1.23 bits per heavy atom. The van der Waals surface area contributed by atoms with E-state index in [1.807, 2.05) is 12.1 Å². The summed E-state index contributed by atoms with van der Waals surface area (Å²) in [7, 11) is 0. The van der Waals surface area contributed by atoms with E-state index in [-0.39, 0.29) is 5.91 Å². The van der Waals surface area contributed by atoms with Crippen LogP contribution in [0.3, 0.4) is 0 Å². The predicted molar refractivity (Wildman–Crippen MR) is 103 cm³/mol. The smallest absolute Gasteiger partial charge is 0.224 e. The predicted octanol–water partition coefficient (Wildman–Crippen LogP) is 1.78. The van der Waals surface area contributed by atoms with Crippen molar-refractivity contribution < 1.29 is 14.6 Å². The molecule has 6 heteroatoms. The first kappa shape index (κ1) is 19.1. The highest BCUT2D eigenvalue weighted by Gasteiger charge is 2.18. The fraction of sp³-hybridized carbons (Fsp3) is 0.650. The number of aliphatic hydroxyl groups excluding tert-OH is 1. The minimum atomic E-state index is 0.0851. The minimum Gasteiger partial charge on any atom is -0.493 e. The molecule has 1 aromatic carbocycles. The van der Waals surface area contributed by atoms with Crippen LogP contribution < -0.4 is 15.4 Å². The normalized spacial score (nSPS) is 20.5. The molecule has 0 aromatic heterocycles. The minimum absolute atomic E-state index is 0.0851. The van der Waals surface area contributed by atoms with Gasteiger partial charge in [-0.1, -0.05) is 6.07 Å². The molecule has 1 fully saturated rings. The summed E-state index contributed by atoms with van der Waals surface area (Å²) in [6.07, 6.45) is 5.48. The van der Waals surface area contributed by atoms with Crippen LogP contribution in [0.1, 0.15) is 37.7 Å². The van der Waals surface area contributed by atoms with Crippen molar-refractivity contribution in [3.8, 4) is 5.75 Å². The van der Waals surface area contributed by atoms with E-state index in [1.165, 1.54) is 5.56 Å². The Kier molecular flexibility index (Phi) is 7.29. The molecular weight excluding hydrogens is 330 g/mol.